The number of carbonyl (C=O) groups is 3. The maximum atomic E-state index is 14.3. The first-order valence-corrected chi connectivity index (χ1v) is 9.09. The molecule has 1 fully saturated rings. The maximum Gasteiger partial charge on any atom is 0.325 e. The van der Waals surface area contributed by atoms with Crippen LogP contribution in [-0.2, 0) is 19.7 Å². The highest BCUT2D eigenvalue weighted by molar-refractivity contribution is 6.02. The first-order valence-electron chi connectivity index (χ1n) is 9.09. The molecule has 1 aliphatic rings. The molecule has 1 saturated carbocycles. The van der Waals surface area contributed by atoms with Crippen molar-refractivity contribution in [3.63, 3.8) is 0 Å². The molecule has 1 aliphatic carbocycles. The molecule has 0 bridgehead atoms. The maximum absolute atomic E-state index is 14.3. The van der Waals surface area contributed by atoms with E-state index in [0.717, 1.165) is 12.8 Å². The summed E-state index contributed by atoms with van der Waals surface area (Å²) in [6.07, 6.45) is 2.47. The Hall–Kier alpha value is -3.22. The van der Waals surface area contributed by atoms with Gasteiger partial charge in [-0.3, -0.25) is 14.9 Å². The van der Waals surface area contributed by atoms with Gasteiger partial charge in [-0.2, -0.15) is 0 Å². The Balaban J connectivity index is 1.58. The summed E-state index contributed by atoms with van der Waals surface area (Å²) in [6.45, 7) is -0.614. The summed E-state index contributed by atoms with van der Waals surface area (Å²) < 4.78 is 19.4. The van der Waals surface area contributed by atoms with E-state index < -0.39 is 35.7 Å². The minimum Gasteiger partial charge on any atom is -0.455 e. The number of nitrogens with one attached hydrogen (secondary N) is 2. The molecule has 3 amide bonds. The van der Waals surface area contributed by atoms with Crippen molar-refractivity contribution in [1.29, 1.82) is 0 Å². The van der Waals surface area contributed by atoms with E-state index in [4.69, 9.17) is 4.74 Å². The van der Waals surface area contributed by atoms with Gasteiger partial charge in [0.15, 0.2) is 6.61 Å². The second-order valence-corrected chi connectivity index (χ2v) is 6.71. The lowest BCUT2D eigenvalue weighted by molar-refractivity contribution is -0.154. The van der Waals surface area contributed by atoms with Crippen molar-refractivity contribution < 1.29 is 23.5 Å². The Morgan fingerprint density at radius 2 is 1.61 bits per heavy atom. The fourth-order valence-corrected chi connectivity index (χ4v) is 3.53. The Labute approximate surface area is 162 Å². The number of hydrogen-bond acceptors (Lipinski definition) is 4. The van der Waals surface area contributed by atoms with Crippen LogP contribution >= 0.6 is 0 Å². The number of imide groups is 1. The highest BCUT2D eigenvalue weighted by Gasteiger charge is 2.45. The molecule has 2 aromatic carbocycles. The molecule has 3 rings (SSSR count). The van der Waals surface area contributed by atoms with E-state index in [0.29, 0.717) is 24.1 Å². The normalized spacial score (nSPS) is 14.9. The molecule has 0 unspecified atom stereocenters. The third kappa shape index (κ3) is 4.36. The first kappa shape index (κ1) is 19.5. The van der Waals surface area contributed by atoms with Crippen LogP contribution in [0.1, 0.15) is 31.2 Å². The van der Waals surface area contributed by atoms with Gasteiger partial charge in [-0.15, -0.1) is 0 Å². The molecular formula is C21H21FN2O4. The standard InChI is InChI=1S/C21H21FN2O4/c22-17-11-5-4-10-16(17)21(12-6-7-13-21)19(26)28-14-18(25)24-20(27)23-15-8-2-1-3-9-15/h1-5,8-11H,6-7,12-14H2,(H2,23,24,25,27). The predicted octanol–water partition coefficient (Wildman–Crippen LogP) is 3.53. The fraction of sp³-hybridized carbons (Fsp3) is 0.286. The number of esters is 1. The number of rotatable bonds is 5. The van der Waals surface area contributed by atoms with Gasteiger partial charge < -0.3 is 10.1 Å². The summed E-state index contributed by atoms with van der Waals surface area (Å²) >= 11 is 0. The number of carbonyl (C=O) groups excluding carboxylic acids is 3. The van der Waals surface area contributed by atoms with Crippen LogP contribution in [-0.4, -0.2) is 24.5 Å². The Morgan fingerprint density at radius 3 is 2.29 bits per heavy atom. The van der Waals surface area contributed by atoms with Crippen LogP contribution in [0.15, 0.2) is 54.6 Å². The predicted molar refractivity (Wildman–Crippen MR) is 101 cm³/mol. The second-order valence-electron chi connectivity index (χ2n) is 6.71. The molecular weight excluding hydrogens is 363 g/mol. The van der Waals surface area contributed by atoms with E-state index in [1.54, 1.807) is 48.5 Å². The summed E-state index contributed by atoms with van der Waals surface area (Å²) in [5, 5.41) is 4.59. The smallest absolute Gasteiger partial charge is 0.325 e. The summed E-state index contributed by atoms with van der Waals surface area (Å²) in [5.41, 5.74) is -0.272. The third-order valence-corrected chi connectivity index (χ3v) is 4.86. The molecule has 0 aliphatic heterocycles. The largest absolute Gasteiger partial charge is 0.455 e. The number of anilines is 1. The molecule has 28 heavy (non-hydrogen) atoms. The number of para-hydroxylation sites is 1. The van der Waals surface area contributed by atoms with Crippen molar-refractivity contribution in [2.75, 3.05) is 11.9 Å². The minimum atomic E-state index is -1.09. The first-order chi connectivity index (χ1) is 13.5. The van der Waals surface area contributed by atoms with Crippen molar-refractivity contribution in [2.45, 2.75) is 31.1 Å². The monoisotopic (exact) mass is 384 g/mol. The molecule has 0 heterocycles. The van der Waals surface area contributed by atoms with E-state index in [9.17, 15) is 18.8 Å². The van der Waals surface area contributed by atoms with Gasteiger partial charge in [-0.1, -0.05) is 49.2 Å². The van der Waals surface area contributed by atoms with Crippen LogP contribution in [0.3, 0.4) is 0 Å². The molecule has 0 atom stereocenters. The van der Waals surface area contributed by atoms with Gasteiger partial charge in [0, 0.05) is 11.3 Å². The SMILES string of the molecule is O=C(COC(=O)C1(c2ccccc2F)CCCC1)NC(=O)Nc1ccccc1. The van der Waals surface area contributed by atoms with E-state index >= 15 is 0 Å². The van der Waals surface area contributed by atoms with Gasteiger partial charge in [0.2, 0.25) is 0 Å². The Bertz CT molecular complexity index is 864. The Morgan fingerprint density at radius 1 is 0.964 bits per heavy atom. The molecule has 0 radical (unpaired) electrons. The summed E-state index contributed by atoms with van der Waals surface area (Å²) in [4.78, 5) is 36.5. The van der Waals surface area contributed by atoms with Gasteiger partial charge in [0.25, 0.3) is 5.91 Å². The lowest BCUT2D eigenvalue weighted by atomic mass is 9.78. The zero-order valence-corrected chi connectivity index (χ0v) is 15.2. The highest BCUT2D eigenvalue weighted by Crippen LogP contribution is 2.43. The van der Waals surface area contributed by atoms with Crippen LogP contribution in [0.2, 0.25) is 0 Å². The molecule has 7 heteroatoms. The number of benzene rings is 2. The minimum absolute atomic E-state index is 0.291. The average Bonchev–Trinajstić information content (AvgIpc) is 3.18. The van der Waals surface area contributed by atoms with Crippen molar-refractivity contribution in [3.8, 4) is 0 Å². The van der Waals surface area contributed by atoms with Crippen molar-refractivity contribution in [3.05, 3.63) is 66.0 Å². The lowest BCUT2D eigenvalue weighted by Gasteiger charge is -2.27. The summed E-state index contributed by atoms with van der Waals surface area (Å²) in [6, 6.07) is 14.0. The van der Waals surface area contributed by atoms with E-state index in [1.165, 1.54) is 6.07 Å². The molecule has 146 valence electrons. The van der Waals surface area contributed by atoms with Crippen LogP contribution < -0.4 is 10.6 Å². The molecule has 0 spiro atoms. The lowest BCUT2D eigenvalue weighted by Crippen LogP contribution is -2.40. The van der Waals surface area contributed by atoms with Crippen LogP contribution in [0.5, 0.6) is 0 Å². The van der Waals surface area contributed by atoms with Crippen molar-refractivity contribution >= 4 is 23.6 Å². The van der Waals surface area contributed by atoms with Gasteiger partial charge >= 0.3 is 12.0 Å². The van der Waals surface area contributed by atoms with Crippen molar-refractivity contribution in [1.82, 2.24) is 5.32 Å². The average molecular weight is 384 g/mol. The molecule has 2 aromatic rings. The number of urea groups is 1. The van der Waals surface area contributed by atoms with Crippen LogP contribution in [0, 0.1) is 5.82 Å². The highest BCUT2D eigenvalue weighted by atomic mass is 19.1. The molecule has 2 N–H and O–H groups in total. The van der Waals surface area contributed by atoms with Gasteiger partial charge in [0.05, 0.1) is 5.41 Å². The molecule has 6 nitrogen and oxygen atoms in total. The summed E-state index contributed by atoms with van der Waals surface area (Å²) in [5.74, 6) is -1.87. The van der Waals surface area contributed by atoms with E-state index in [2.05, 4.69) is 10.6 Å². The Kier molecular flexibility index (Phi) is 6.03. The quantitative estimate of drug-likeness (QED) is 0.773. The number of hydrogen-bond donors (Lipinski definition) is 2. The van der Waals surface area contributed by atoms with Crippen molar-refractivity contribution in [2.24, 2.45) is 0 Å². The molecule has 0 aromatic heterocycles. The third-order valence-electron chi connectivity index (χ3n) is 4.86. The van der Waals surface area contributed by atoms with Gasteiger partial charge in [0.1, 0.15) is 5.82 Å². The fourth-order valence-electron chi connectivity index (χ4n) is 3.53. The number of halogens is 1. The second kappa shape index (κ2) is 8.65. The zero-order chi connectivity index (χ0) is 20.0. The number of amides is 3. The van der Waals surface area contributed by atoms with Crippen LogP contribution in [0.4, 0.5) is 14.9 Å². The number of ether oxygens (including phenoxy) is 1. The van der Waals surface area contributed by atoms with Gasteiger partial charge in [-0.25, -0.2) is 9.18 Å². The topological polar surface area (TPSA) is 84.5 Å². The van der Waals surface area contributed by atoms with E-state index in [-0.39, 0.29) is 0 Å². The summed E-state index contributed by atoms with van der Waals surface area (Å²) in [7, 11) is 0. The zero-order valence-electron chi connectivity index (χ0n) is 15.2. The van der Waals surface area contributed by atoms with Gasteiger partial charge in [-0.05, 0) is 31.0 Å². The molecule has 0 saturated heterocycles. The van der Waals surface area contributed by atoms with Crippen LogP contribution in [0.25, 0.3) is 0 Å². The van der Waals surface area contributed by atoms with E-state index in [1.807, 2.05) is 0 Å².